The molecular formula is C20H23FN2O. The van der Waals surface area contributed by atoms with E-state index in [4.69, 9.17) is 0 Å². The molecule has 2 aromatic carbocycles. The number of likely N-dealkylation sites (N-methyl/N-ethyl adjacent to an activating group) is 1. The number of aryl methyl sites for hydroxylation is 1. The van der Waals surface area contributed by atoms with Crippen LogP contribution in [-0.2, 0) is 11.3 Å². The van der Waals surface area contributed by atoms with Crippen LogP contribution in [0.3, 0.4) is 0 Å². The highest BCUT2D eigenvalue weighted by atomic mass is 19.1. The van der Waals surface area contributed by atoms with Crippen LogP contribution in [0.25, 0.3) is 0 Å². The molecule has 24 heavy (non-hydrogen) atoms. The largest absolute Gasteiger partial charge is 0.352 e. The molecule has 0 radical (unpaired) electrons. The van der Waals surface area contributed by atoms with Crippen molar-refractivity contribution < 1.29 is 9.18 Å². The lowest BCUT2D eigenvalue weighted by Gasteiger charge is -2.28. The van der Waals surface area contributed by atoms with Crippen LogP contribution >= 0.6 is 0 Å². The fourth-order valence-corrected chi connectivity index (χ4v) is 2.91. The summed E-state index contributed by atoms with van der Waals surface area (Å²) in [7, 11) is 1.94. The fraction of sp³-hybridized carbons (Fsp3) is 0.350. The van der Waals surface area contributed by atoms with Crippen molar-refractivity contribution in [3.8, 4) is 0 Å². The van der Waals surface area contributed by atoms with Crippen LogP contribution in [0.1, 0.15) is 35.6 Å². The summed E-state index contributed by atoms with van der Waals surface area (Å²) in [5.74, 6) is -0.304. The molecule has 0 heterocycles. The number of benzene rings is 2. The van der Waals surface area contributed by atoms with Gasteiger partial charge in [0.1, 0.15) is 11.9 Å². The van der Waals surface area contributed by atoms with Gasteiger partial charge in [-0.3, -0.25) is 9.69 Å². The maximum Gasteiger partial charge on any atom is 0.242 e. The van der Waals surface area contributed by atoms with Crippen LogP contribution in [0.2, 0.25) is 0 Å². The monoisotopic (exact) mass is 326 g/mol. The van der Waals surface area contributed by atoms with Crippen molar-refractivity contribution in [1.29, 1.82) is 0 Å². The lowest BCUT2D eigenvalue weighted by molar-refractivity contribution is -0.126. The molecule has 0 aromatic heterocycles. The van der Waals surface area contributed by atoms with Crippen LogP contribution in [0.15, 0.2) is 48.5 Å². The van der Waals surface area contributed by atoms with E-state index < -0.39 is 6.04 Å². The normalized spacial score (nSPS) is 15.3. The van der Waals surface area contributed by atoms with Crippen molar-refractivity contribution in [2.45, 2.75) is 38.4 Å². The van der Waals surface area contributed by atoms with Gasteiger partial charge in [-0.2, -0.15) is 0 Å². The molecule has 0 aliphatic heterocycles. The van der Waals surface area contributed by atoms with Crippen molar-refractivity contribution in [2.24, 2.45) is 0 Å². The highest BCUT2D eigenvalue weighted by Crippen LogP contribution is 2.26. The Bertz CT molecular complexity index is 710. The predicted molar refractivity (Wildman–Crippen MR) is 93.0 cm³/mol. The molecule has 1 aliphatic rings. The topological polar surface area (TPSA) is 32.3 Å². The van der Waals surface area contributed by atoms with E-state index in [9.17, 15) is 9.18 Å². The first kappa shape index (κ1) is 16.7. The van der Waals surface area contributed by atoms with Crippen molar-refractivity contribution in [1.82, 2.24) is 10.2 Å². The van der Waals surface area contributed by atoms with Gasteiger partial charge in [-0.05, 0) is 55.6 Å². The Morgan fingerprint density at radius 3 is 2.50 bits per heavy atom. The van der Waals surface area contributed by atoms with Gasteiger partial charge in [0, 0.05) is 12.6 Å². The van der Waals surface area contributed by atoms with E-state index >= 15 is 0 Å². The molecular weight excluding hydrogens is 303 g/mol. The summed E-state index contributed by atoms with van der Waals surface area (Å²) in [6.07, 6.45) is 2.09. The molecule has 3 nitrogen and oxygen atoms in total. The Balaban J connectivity index is 1.83. The third kappa shape index (κ3) is 4.01. The second-order valence-corrected chi connectivity index (χ2v) is 6.58. The molecule has 126 valence electrons. The first-order valence-corrected chi connectivity index (χ1v) is 8.35. The maximum absolute atomic E-state index is 13.3. The van der Waals surface area contributed by atoms with E-state index in [0.29, 0.717) is 12.6 Å². The number of rotatable bonds is 6. The summed E-state index contributed by atoms with van der Waals surface area (Å²) in [6, 6.07) is 14.2. The zero-order valence-electron chi connectivity index (χ0n) is 14.1. The zero-order chi connectivity index (χ0) is 17.1. The minimum atomic E-state index is -0.425. The van der Waals surface area contributed by atoms with Crippen molar-refractivity contribution in [3.05, 3.63) is 71.0 Å². The second kappa shape index (κ2) is 7.14. The Morgan fingerprint density at radius 1 is 1.21 bits per heavy atom. The van der Waals surface area contributed by atoms with Crippen molar-refractivity contribution >= 4 is 5.91 Å². The highest BCUT2D eigenvalue weighted by molar-refractivity contribution is 5.83. The quantitative estimate of drug-likeness (QED) is 0.880. The van der Waals surface area contributed by atoms with Crippen LogP contribution < -0.4 is 5.32 Å². The molecule has 4 heteroatoms. The van der Waals surface area contributed by atoms with Gasteiger partial charge in [0.15, 0.2) is 0 Å². The van der Waals surface area contributed by atoms with E-state index in [2.05, 4.69) is 24.4 Å². The number of nitrogens with one attached hydrogen (secondary N) is 1. The second-order valence-electron chi connectivity index (χ2n) is 6.58. The molecule has 1 aliphatic carbocycles. The Kier molecular flexibility index (Phi) is 4.95. The van der Waals surface area contributed by atoms with Crippen LogP contribution in [-0.4, -0.2) is 23.9 Å². The fourth-order valence-electron chi connectivity index (χ4n) is 2.91. The highest BCUT2D eigenvalue weighted by Gasteiger charge is 2.30. The van der Waals surface area contributed by atoms with Gasteiger partial charge in [-0.1, -0.05) is 36.4 Å². The summed E-state index contributed by atoms with van der Waals surface area (Å²) in [5.41, 5.74) is 3.20. The summed E-state index contributed by atoms with van der Waals surface area (Å²) in [6.45, 7) is 2.73. The lowest BCUT2D eigenvalue weighted by Crippen LogP contribution is -2.39. The molecule has 0 saturated heterocycles. The van der Waals surface area contributed by atoms with Crippen LogP contribution in [0, 0.1) is 12.7 Å². The Labute approximate surface area is 142 Å². The van der Waals surface area contributed by atoms with Gasteiger partial charge in [-0.25, -0.2) is 4.39 Å². The van der Waals surface area contributed by atoms with E-state index in [1.165, 1.54) is 23.3 Å². The molecule has 3 rings (SSSR count). The van der Waals surface area contributed by atoms with Gasteiger partial charge < -0.3 is 5.32 Å². The molecule has 0 spiro atoms. The molecule has 1 atom stereocenters. The average Bonchev–Trinajstić information content (AvgIpc) is 3.36. The number of nitrogens with zero attached hydrogens (tertiary/aromatic N) is 1. The van der Waals surface area contributed by atoms with Crippen LogP contribution in [0.4, 0.5) is 4.39 Å². The van der Waals surface area contributed by atoms with Crippen LogP contribution in [0.5, 0.6) is 0 Å². The molecule has 0 unspecified atom stereocenters. The first-order chi connectivity index (χ1) is 11.5. The number of hydrogen-bond acceptors (Lipinski definition) is 2. The summed E-state index contributed by atoms with van der Waals surface area (Å²) < 4.78 is 13.3. The number of amides is 1. The average molecular weight is 326 g/mol. The summed E-state index contributed by atoms with van der Waals surface area (Å²) in [5, 5.41) is 3.07. The van der Waals surface area contributed by atoms with E-state index in [-0.39, 0.29) is 11.7 Å². The van der Waals surface area contributed by atoms with Gasteiger partial charge in [0.05, 0.1) is 0 Å². The van der Waals surface area contributed by atoms with E-state index in [1.54, 1.807) is 12.1 Å². The number of carbonyl (C=O) groups is 1. The van der Waals surface area contributed by atoms with Crippen molar-refractivity contribution in [2.75, 3.05) is 7.05 Å². The minimum absolute atomic E-state index is 0.0137. The number of halogens is 1. The summed E-state index contributed by atoms with van der Waals surface area (Å²) >= 11 is 0. The third-order valence-electron chi connectivity index (χ3n) is 4.48. The molecule has 1 amide bonds. The van der Waals surface area contributed by atoms with Gasteiger partial charge >= 0.3 is 0 Å². The standard InChI is InChI=1S/C20H23FN2O/c1-14-5-3-4-6-16(14)13-23(2)19(20(24)22-18-11-12-18)15-7-9-17(21)10-8-15/h3-10,18-19H,11-13H2,1-2H3,(H,22,24)/t19-/m0/s1. The molecule has 1 N–H and O–H groups in total. The van der Waals surface area contributed by atoms with E-state index in [0.717, 1.165) is 18.4 Å². The van der Waals surface area contributed by atoms with Gasteiger partial charge in [0.25, 0.3) is 0 Å². The summed E-state index contributed by atoms with van der Waals surface area (Å²) in [4.78, 5) is 14.8. The van der Waals surface area contributed by atoms with E-state index in [1.807, 2.05) is 24.1 Å². The smallest absolute Gasteiger partial charge is 0.242 e. The predicted octanol–water partition coefficient (Wildman–Crippen LogP) is 3.59. The lowest BCUT2D eigenvalue weighted by atomic mass is 10.0. The SMILES string of the molecule is Cc1ccccc1CN(C)[C@H](C(=O)NC1CC1)c1ccc(F)cc1. The first-order valence-electron chi connectivity index (χ1n) is 8.35. The Morgan fingerprint density at radius 2 is 1.88 bits per heavy atom. The molecule has 2 aromatic rings. The zero-order valence-corrected chi connectivity index (χ0v) is 14.1. The van der Waals surface area contributed by atoms with Crippen molar-refractivity contribution in [3.63, 3.8) is 0 Å². The minimum Gasteiger partial charge on any atom is -0.352 e. The Hall–Kier alpha value is -2.20. The third-order valence-corrected chi connectivity index (χ3v) is 4.48. The van der Waals surface area contributed by atoms with Gasteiger partial charge in [-0.15, -0.1) is 0 Å². The number of hydrogen-bond donors (Lipinski definition) is 1. The molecule has 1 saturated carbocycles. The molecule has 1 fully saturated rings. The van der Waals surface area contributed by atoms with Gasteiger partial charge in [0.2, 0.25) is 5.91 Å². The number of carbonyl (C=O) groups excluding carboxylic acids is 1. The molecule has 0 bridgehead atoms. The maximum atomic E-state index is 13.3.